The largest absolute Gasteiger partial charge is 0.488 e. The van der Waals surface area contributed by atoms with Gasteiger partial charge in [-0.25, -0.2) is 18.7 Å². The second-order valence-corrected chi connectivity index (χ2v) is 9.54. The fraction of sp³-hybridized carbons (Fsp3) is 0.500. The molecule has 192 valence electrons. The second-order valence-electron chi connectivity index (χ2n) is 9.54. The van der Waals surface area contributed by atoms with Crippen molar-refractivity contribution in [2.75, 3.05) is 18.5 Å². The van der Waals surface area contributed by atoms with Crippen LogP contribution in [0.1, 0.15) is 73.8 Å². The summed E-state index contributed by atoms with van der Waals surface area (Å²) in [6.07, 6.45) is 4.17. The molecule has 0 radical (unpaired) electrons. The number of fused-ring (bicyclic) bond motifs is 1. The number of halogens is 2. The van der Waals surface area contributed by atoms with E-state index in [1.165, 1.54) is 18.2 Å². The third-order valence-corrected chi connectivity index (χ3v) is 6.64. The second kappa shape index (κ2) is 10.5. The molecule has 3 aromatic heterocycles. The molecule has 0 saturated carbocycles. The van der Waals surface area contributed by atoms with Crippen LogP contribution in [0.5, 0.6) is 5.75 Å². The number of hydrogen-bond donors (Lipinski definition) is 1. The maximum Gasteiger partial charge on any atom is 0.280 e. The van der Waals surface area contributed by atoms with Crippen molar-refractivity contribution in [3.63, 3.8) is 0 Å². The minimum Gasteiger partial charge on any atom is -0.488 e. The molecule has 2 aliphatic rings. The Morgan fingerprint density at radius 3 is 2.61 bits per heavy atom. The number of nitrogens with one attached hydrogen (secondary N) is 1. The van der Waals surface area contributed by atoms with Crippen molar-refractivity contribution in [3.8, 4) is 5.75 Å². The van der Waals surface area contributed by atoms with E-state index in [1.807, 2.05) is 30.5 Å². The maximum atomic E-state index is 13.1. The van der Waals surface area contributed by atoms with Gasteiger partial charge in [-0.05, 0) is 38.8 Å². The molecule has 0 aliphatic carbocycles. The van der Waals surface area contributed by atoms with Gasteiger partial charge in [0.15, 0.2) is 0 Å². The van der Waals surface area contributed by atoms with Crippen molar-refractivity contribution < 1.29 is 27.8 Å². The molecule has 36 heavy (non-hydrogen) atoms. The first-order chi connectivity index (χ1) is 17.4. The first-order valence-corrected chi connectivity index (χ1v) is 12.3. The third kappa shape index (κ3) is 5.49. The zero-order valence-corrected chi connectivity index (χ0v) is 20.3. The smallest absolute Gasteiger partial charge is 0.280 e. The first kappa shape index (κ1) is 24.6. The van der Waals surface area contributed by atoms with Crippen molar-refractivity contribution in [2.45, 2.75) is 70.2 Å². The molecule has 2 saturated heterocycles. The Balaban J connectivity index is 1.47. The Morgan fingerprint density at radius 1 is 1.14 bits per heavy atom. The number of anilines is 1. The van der Waals surface area contributed by atoms with Crippen molar-refractivity contribution in [3.05, 3.63) is 53.7 Å². The highest BCUT2D eigenvalue weighted by Crippen LogP contribution is 2.33. The van der Waals surface area contributed by atoms with Crippen molar-refractivity contribution in [1.29, 1.82) is 0 Å². The molecule has 0 bridgehead atoms. The Labute approximate surface area is 208 Å². The van der Waals surface area contributed by atoms with Crippen LogP contribution in [-0.4, -0.2) is 51.8 Å². The summed E-state index contributed by atoms with van der Waals surface area (Å²) in [7, 11) is 0. The predicted molar refractivity (Wildman–Crippen MR) is 129 cm³/mol. The molecular weight excluding hydrogens is 470 g/mol. The molecule has 0 spiro atoms. The zero-order valence-electron chi connectivity index (χ0n) is 20.3. The van der Waals surface area contributed by atoms with Crippen LogP contribution in [0.3, 0.4) is 0 Å². The van der Waals surface area contributed by atoms with Gasteiger partial charge >= 0.3 is 0 Å². The molecule has 5 rings (SSSR count). The van der Waals surface area contributed by atoms with Crippen LogP contribution >= 0.6 is 0 Å². The number of hydrogen-bond acceptors (Lipinski definition) is 6. The summed E-state index contributed by atoms with van der Waals surface area (Å²) in [6.45, 7) is 5.43. The van der Waals surface area contributed by atoms with E-state index in [0.29, 0.717) is 49.1 Å². The average molecular weight is 501 g/mol. The quantitative estimate of drug-likeness (QED) is 0.504. The summed E-state index contributed by atoms with van der Waals surface area (Å²) in [4.78, 5) is 21.6. The van der Waals surface area contributed by atoms with Crippen LogP contribution in [0.2, 0.25) is 0 Å². The summed E-state index contributed by atoms with van der Waals surface area (Å²) < 4.78 is 45.8. The third-order valence-electron chi connectivity index (χ3n) is 6.64. The lowest BCUT2D eigenvalue weighted by Gasteiger charge is -2.32. The highest BCUT2D eigenvalue weighted by Gasteiger charge is 2.27. The molecule has 1 amide bonds. The molecule has 2 aliphatic heterocycles. The van der Waals surface area contributed by atoms with Gasteiger partial charge in [0.05, 0.1) is 17.9 Å². The predicted octanol–water partition coefficient (Wildman–Crippen LogP) is 5.15. The van der Waals surface area contributed by atoms with Gasteiger partial charge in [-0.15, -0.1) is 0 Å². The standard InChI is InChI=1S/C26H30F2N4O4/c1-15-10-18(11-16(2)35-15)36-23-12-24-30-21(17-6-8-34-9-7-17)13-32(24)14-22(23)31-26(33)20-5-3-4-19(29-20)25(27)28/h3-5,12-18,25H,6-11H2,1-2H3,(H,31,33). The van der Waals surface area contributed by atoms with E-state index >= 15 is 0 Å². The van der Waals surface area contributed by atoms with Crippen LogP contribution in [-0.2, 0) is 9.47 Å². The van der Waals surface area contributed by atoms with Crippen LogP contribution in [0.15, 0.2) is 36.7 Å². The molecule has 8 nitrogen and oxygen atoms in total. The van der Waals surface area contributed by atoms with E-state index in [-0.39, 0.29) is 24.0 Å². The number of ether oxygens (including phenoxy) is 3. The van der Waals surface area contributed by atoms with Crippen molar-refractivity contribution >= 4 is 17.2 Å². The summed E-state index contributed by atoms with van der Waals surface area (Å²) in [5.74, 6) is 0.177. The van der Waals surface area contributed by atoms with Gasteiger partial charge < -0.3 is 23.9 Å². The van der Waals surface area contributed by atoms with E-state index < -0.39 is 18.0 Å². The lowest BCUT2D eigenvalue weighted by atomic mass is 9.97. The van der Waals surface area contributed by atoms with Crippen LogP contribution in [0.4, 0.5) is 14.5 Å². The summed E-state index contributed by atoms with van der Waals surface area (Å²) in [5.41, 5.74) is 1.54. The number of imidazole rings is 1. The van der Waals surface area contributed by atoms with E-state index in [4.69, 9.17) is 19.2 Å². The maximum absolute atomic E-state index is 13.1. The average Bonchev–Trinajstić information content (AvgIpc) is 3.27. The summed E-state index contributed by atoms with van der Waals surface area (Å²) in [5, 5.41) is 2.81. The molecule has 0 aromatic carbocycles. The van der Waals surface area contributed by atoms with E-state index in [1.54, 1.807) is 6.20 Å². The summed E-state index contributed by atoms with van der Waals surface area (Å²) >= 11 is 0. The number of carbonyl (C=O) groups is 1. The fourth-order valence-electron chi connectivity index (χ4n) is 4.92. The first-order valence-electron chi connectivity index (χ1n) is 12.3. The highest BCUT2D eigenvalue weighted by atomic mass is 19.3. The zero-order chi connectivity index (χ0) is 25.2. The molecule has 2 fully saturated rings. The number of carbonyl (C=O) groups excluding carboxylic acids is 1. The molecule has 2 atom stereocenters. The van der Waals surface area contributed by atoms with Gasteiger partial charge in [-0.3, -0.25) is 4.79 Å². The van der Waals surface area contributed by atoms with Crippen LogP contribution in [0, 0.1) is 0 Å². The number of aromatic nitrogens is 3. The Hall–Kier alpha value is -3.11. The van der Waals surface area contributed by atoms with Crippen LogP contribution in [0.25, 0.3) is 5.65 Å². The number of pyridine rings is 2. The SMILES string of the molecule is CC1CC(Oc2cc3nc(C4CCOCC4)cn3cc2NC(=O)c2cccc(C(F)F)n2)CC(C)O1. The van der Waals surface area contributed by atoms with E-state index in [9.17, 15) is 13.6 Å². The number of amides is 1. The Kier molecular flexibility index (Phi) is 7.15. The molecule has 5 heterocycles. The molecule has 2 unspecified atom stereocenters. The Morgan fingerprint density at radius 2 is 1.89 bits per heavy atom. The molecule has 10 heteroatoms. The topological polar surface area (TPSA) is 87.0 Å². The number of alkyl halides is 2. The highest BCUT2D eigenvalue weighted by molar-refractivity contribution is 6.03. The van der Waals surface area contributed by atoms with Gasteiger partial charge in [0.25, 0.3) is 12.3 Å². The lowest BCUT2D eigenvalue weighted by molar-refractivity contribution is -0.0720. The van der Waals surface area contributed by atoms with Gasteiger partial charge in [0.1, 0.15) is 34.6 Å². The molecular formula is C26H30F2N4O4. The monoisotopic (exact) mass is 500 g/mol. The van der Waals surface area contributed by atoms with Crippen molar-refractivity contribution in [2.24, 2.45) is 0 Å². The minimum absolute atomic E-state index is 0.0494. The normalized spacial score (nSPS) is 23.2. The summed E-state index contributed by atoms with van der Waals surface area (Å²) in [6, 6.07) is 5.80. The van der Waals surface area contributed by atoms with Gasteiger partial charge in [0, 0.05) is 50.4 Å². The van der Waals surface area contributed by atoms with E-state index in [0.717, 1.165) is 18.5 Å². The fourth-order valence-corrected chi connectivity index (χ4v) is 4.92. The molecule has 3 aromatic rings. The van der Waals surface area contributed by atoms with Crippen LogP contribution < -0.4 is 10.1 Å². The van der Waals surface area contributed by atoms with Gasteiger partial charge in [-0.2, -0.15) is 0 Å². The van der Waals surface area contributed by atoms with E-state index in [2.05, 4.69) is 10.3 Å². The Bertz CT molecular complexity index is 1220. The molecule has 1 N–H and O–H groups in total. The number of rotatable bonds is 6. The lowest BCUT2D eigenvalue weighted by Crippen LogP contribution is -2.35. The minimum atomic E-state index is -2.76. The van der Waals surface area contributed by atoms with Crippen molar-refractivity contribution in [1.82, 2.24) is 14.4 Å². The number of nitrogens with zero attached hydrogens (tertiary/aromatic N) is 3. The van der Waals surface area contributed by atoms with Gasteiger partial charge in [0.2, 0.25) is 0 Å². The van der Waals surface area contributed by atoms with Gasteiger partial charge in [-0.1, -0.05) is 6.07 Å².